The topological polar surface area (TPSA) is 182 Å². The Hall–Kier alpha value is -4.11. The van der Waals surface area contributed by atoms with Gasteiger partial charge in [-0.3, -0.25) is 19.1 Å². The molecule has 4 amide bonds. The Morgan fingerprint density at radius 2 is 1.81 bits per heavy atom. The van der Waals surface area contributed by atoms with E-state index < -0.39 is 68.7 Å². The van der Waals surface area contributed by atoms with Crippen LogP contribution in [0.4, 0.5) is 4.79 Å². The van der Waals surface area contributed by atoms with Crippen LogP contribution in [0.1, 0.15) is 91.4 Å². The minimum atomic E-state index is -3.91. The van der Waals surface area contributed by atoms with Gasteiger partial charge in [0.25, 0.3) is 5.91 Å². The second kappa shape index (κ2) is 16.2. The Morgan fingerprint density at radius 3 is 2.55 bits per heavy atom. The highest BCUT2D eigenvalue weighted by molar-refractivity contribution is 7.91. The Labute approximate surface area is 344 Å². The molecule has 3 N–H and O–H groups in total. The molecule has 16 heteroatoms. The number of carbonyl (C=O) groups excluding carboxylic acids is 4. The molecule has 6 aliphatic rings. The zero-order valence-electron chi connectivity index (χ0n) is 33.3. The normalized spacial score (nSPS) is 33.1. The summed E-state index contributed by atoms with van der Waals surface area (Å²) in [6.45, 7) is 6.38. The van der Waals surface area contributed by atoms with Crippen LogP contribution in [0.2, 0.25) is 5.02 Å². The summed E-state index contributed by atoms with van der Waals surface area (Å²) < 4.78 is 46.4. The minimum Gasteiger partial charge on any atom is -0.478 e. The largest absolute Gasteiger partial charge is 0.478 e. The van der Waals surface area contributed by atoms with Gasteiger partial charge >= 0.3 is 6.09 Å². The number of benzene rings is 1. The van der Waals surface area contributed by atoms with Gasteiger partial charge in [0.15, 0.2) is 0 Å². The van der Waals surface area contributed by atoms with Crippen LogP contribution in [0.5, 0.6) is 11.8 Å². The number of nitrogens with one attached hydrogen (secondary N) is 3. The molecule has 4 aliphatic carbocycles. The first-order valence-corrected chi connectivity index (χ1v) is 22.9. The number of alkyl carbamates (subject to hydrolysis) is 1. The smallest absolute Gasteiger partial charge is 0.408 e. The summed E-state index contributed by atoms with van der Waals surface area (Å²) in [6, 6.07) is 4.93. The van der Waals surface area contributed by atoms with Crippen molar-refractivity contribution in [1.82, 2.24) is 25.2 Å². The maximum Gasteiger partial charge on any atom is 0.408 e. The molecule has 1 aromatic carbocycles. The first-order chi connectivity index (χ1) is 27.7. The van der Waals surface area contributed by atoms with E-state index in [1.165, 1.54) is 11.3 Å². The van der Waals surface area contributed by atoms with Gasteiger partial charge in [-0.15, -0.1) is 0 Å². The summed E-state index contributed by atoms with van der Waals surface area (Å²) in [7, 11) is -3.91. The molecule has 0 radical (unpaired) electrons. The molecule has 2 aliphatic heterocycles. The number of hydrogen-bond acceptors (Lipinski definition) is 10. The molecule has 1 aromatic heterocycles. The number of hydrogen-bond donors (Lipinski definition) is 3. The average Bonchev–Trinajstić information content (AvgIpc) is 4.14. The predicted molar refractivity (Wildman–Crippen MR) is 215 cm³/mol. The molecule has 3 heterocycles. The number of ether oxygens (including phenoxy) is 3. The summed E-state index contributed by atoms with van der Waals surface area (Å²) >= 11 is 6.61. The SMILES string of the molecule is CCCOc1cc2c(Cl)cccc2c(O[C@@H]2C[C@H]3C(=O)N[C@]4(C(=O)NS(=O)(=O)C5CC5)C[C@H]4/C=C\CC[C@H](C)C[C@@H](C)[C@H](NC(=O)OC4C[C@@H]5C[C@H]5C4)C(=O)N3C2)n1. The van der Waals surface area contributed by atoms with Gasteiger partial charge in [0, 0.05) is 34.2 Å². The summed E-state index contributed by atoms with van der Waals surface area (Å²) in [4.78, 5) is 63.0. The standard InChI is InChI=1S/C42H54ClN5O9S/c1-4-14-55-35-20-32-31(10-7-11-33(32)43)38(44-35)56-29-19-34-37(49)46-42(40(51)47-58(53,54)30-12-13-30)21-27(42)9-6-5-8-23(2)15-24(3)36(39(50)48(34)22-29)45-41(52)57-28-17-25-16-26(25)18-28/h6-7,9-11,20,23-30,34,36H,4-5,8,12-19,21-22H2,1-3H3,(H,45,52)(H,46,49)(H,47,51)/b9-6-/t23-,24+,25-,26-,27+,29+,34-,36-,42+/m0/s1. The number of carbonyl (C=O) groups is 4. The highest BCUT2D eigenvalue weighted by Crippen LogP contribution is 2.52. The van der Waals surface area contributed by atoms with E-state index in [9.17, 15) is 27.6 Å². The van der Waals surface area contributed by atoms with E-state index in [1.807, 2.05) is 32.1 Å². The molecular weight excluding hydrogens is 786 g/mol. The Kier molecular flexibility index (Phi) is 11.3. The number of pyridine rings is 1. The van der Waals surface area contributed by atoms with Crippen molar-refractivity contribution in [2.75, 3.05) is 13.2 Å². The lowest BCUT2D eigenvalue weighted by Gasteiger charge is -2.33. The second-order valence-electron chi connectivity index (χ2n) is 17.6. The molecule has 1 saturated heterocycles. The number of aromatic nitrogens is 1. The van der Waals surface area contributed by atoms with E-state index in [0.29, 0.717) is 65.8 Å². The summed E-state index contributed by atoms with van der Waals surface area (Å²) in [5, 5.41) is 6.94. The van der Waals surface area contributed by atoms with Crippen molar-refractivity contribution in [2.24, 2.45) is 29.6 Å². The van der Waals surface area contributed by atoms with Crippen molar-refractivity contribution in [3.63, 3.8) is 0 Å². The lowest BCUT2D eigenvalue weighted by Crippen LogP contribution is -2.59. The minimum absolute atomic E-state index is 0.0206. The first-order valence-electron chi connectivity index (χ1n) is 21.0. The molecule has 2 aromatic rings. The van der Waals surface area contributed by atoms with Crippen molar-refractivity contribution in [3.8, 4) is 11.8 Å². The number of halogens is 1. The van der Waals surface area contributed by atoms with Crippen LogP contribution < -0.4 is 24.8 Å². The van der Waals surface area contributed by atoms with Gasteiger partial charge in [-0.2, -0.15) is 4.98 Å². The van der Waals surface area contributed by atoms with Crippen LogP contribution in [-0.4, -0.2) is 90.3 Å². The van der Waals surface area contributed by atoms with Crippen LogP contribution in [0.3, 0.4) is 0 Å². The van der Waals surface area contributed by atoms with Gasteiger partial charge in [-0.05, 0) is 100 Å². The molecule has 9 atom stereocenters. The molecule has 5 fully saturated rings. The third-order valence-electron chi connectivity index (χ3n) is 12.9. The number of rotatable bonds is 10. The van der Waals surface area contributed by atoms with E-state index in [1.54, 1.807) is 18.2 Å². The number of fused-ring (bicyclic) bond motifs is 4. The van der Waals surface area contributed by atoms with Gasteiger partial charge in [0.2, 0.25) is 33.6 Å². The van der Waals surface area contributed by atoms with Gasteiger partial charge in [-0.25, -0.2) is 13.2 Å². The molecule has 58 heavy (non-hydrogen) atoms. The maximum absolute atomic E-state index is 15.0. The third-order valence-corrected chi connectivity index (χ3v) is 15.0. The number of amides is 4. The number of sulfonamides is 1. The zero-order chi connectivity index (χ0) is 40.9. The van der Waals surface area contributed by atoms with E-state index >= 15 is 0 Å². The van der Waals surface area contributed by atoms with Crippen molar-refractivity contribution >= 4 is 56.2 Å². The second-order valence-corrected chi connectivity index (χ2v) is 19.9. The highest BCUT2D eigenvalue weighted by Gasteiger charge is 2.62. The van der Waals surface area contributed by atoms with Crippen LogP contribution >= 0.6 is 11.6 Å². The molecule has 0 unspecified atom stereocenters. The van der Waals surface area contributed by atoms with E-state index in [2.05, 4.69) is 27.3 Å². The lowest BCUT2D eigenvalue weighted by atomic mass is 9.88. The van der Waals surface area contributed by atoms with Crippen LogP contribution in [-0.2, 0) is 29.1 Å². The van der Waals surface area contributed by atoms with Crippen molar-refractivity contribution < 1.29 is 41.8 Å². The van der Waals surface area contributed by atoms with Gasteiger partial charge in [-0.1, -0.05) is 50.6 Å². The van der Waals surface area contributed by atoms with Crippen LogP contribution in [0.25, 0.3) is 10.8 Å². The Balaban J connectivity index is 1.11. The van der Waals surface area contributed by atoms with Crippen LogP contribution in [0.15, 0.2) is 36.4 Å². The maximum atomic E-state index is 15.0. The fraction of sp³-hybridized carbons (Fsp3) is 0.643. The van der Waals surface area contributed by atoms with Gasteiger partial charge in [0.1, 0.15) is 29.8 Å². The number of allylic oxidation sites excluding steroid dienone is 1. The average molecular weight is 840 g/mol. The molecule has 314 valence electrons. The zero-order valence-corrected chi connectivity index (χ0v) is 34.9. The highest BCUT2D eigenvalue weighted by atomic mass is 35.5. The summed E-state index contributed by atoms with van der Waals surface area (Å²) in [6.07, 6.45) is 9.03. The Morgan fingerprint density at radius 1 is 1.03 bits per heavy atom. The Bertz CT molecular complexity index is 2090. The molecular formula is C42H54ClN5O9S. The quantitative estimate of drug-likeness (QED) is 0.262. The molecule has 0 spiro atoms. The molecule has 4 saturated carbocycles. The fourth-order valence-electron chi connectivity index (χ4n) is 9.28. The summed E-state index contributed by atoms with van der Waals surface area (Å²) in [5.41, 5.74) is -1.52. The van der Waals surface area contributed by atoms with E-state index in [0.717, 1.165) is 25.7 Å². The van der Waals surface area contributed by atoms with E-state index in [-0.39, 0.29) is 43.2 Å². The van der Waals surface area contributed by atoms with Gasteiger partial charge in [0.05, 0.1) is 18.4 Å². The van der Waals surface area contributed by atoms with Gasteiger partial charge < -0.3 is 29.7 Å². The number of nitrogens with zero attached hydrogens (tertiary/aromatic N) is 2. The van der Waals surface area contributed by atoms with Crippen LogP contribution in [0, 0.1) is 29.6 Å². The molecule has 0 bridgehead atoms. The fourth-order valence-corrected chi connectivity index (χ4v) is 10.9. The first kappa shape index (κ1) is 40.7. The van der Waals surface area contributed by atoms with E-state index in [4.69, 9.17) is 25.8 Å². The summed E-state index contributed by atoms with van der Waals surface area (Å²) in [5.74, 6) is -0.788. The van der Waals surface area contributed by atoms with Crippen molar-refractivity contribution in [3.05, 3.63) is 41.4 Å². The predicted octanol–water partition coefficient (Wildman–Crippen LogP) is 5.41. The van der Waals surface area contributed by atoms with Crippen molar-refractivity contribution in [2.45, 2.75) is 126 Å². The lowest BCUT2D eigenvalue weighted by molar-refractivity contribution is -0.142. The molecule has 14 nitrogen and oxygen atoms in total. The van der Waals surface area contributed by atoms with Crippen molar-refractivity contribution in [1.29, 1.82) is 0 Å². The monoisotopic (exact) mass is 839 g/mol. The molecule has 8 rings (SSSR count). The third kappa shape index (κ3) is 8.62.